The molecule has 0 amide bonds. The molecule has 150 valence electrons. The predicted molar refractivity (Wildman–Crippen MR) is 112 cm³/mol. The van der Waals surface area contributed by atoms with Crippen molar-refractivity contribution < 1.29 is 4.39 Å². The van der Waals surface area contributed by atoms with E-state index in [1.807, 2.05) is 36.5 Å². The van der Waals surface area contributed by atoms with Gasteiger partial charge in [-0.1, -0.05) is 6.07 Å². The number of anilines is 1. The van der Waals surface area contributed by atoms with Crippen LogP contribution in [0.3, 0.4) is 0 Å². The molecule has 5 heterocycles. The molecule has 2 fully saturated rings. The summed E-state index contributed by atoms with van der Waals surface area (Å²) in [5.41, 5.74) is 3.45. The summed E-state index contributed by atoms with van der Waals surface area (Å²) >= 11 is 0. The van der Waals surface area contributed by atoms with E-state index in [-0.39, 0.29) is 5.82 Å². The van der Waals surface area contributed by atoms with Gasteiger partial charge in [0.25, 0.3) is 0 Å². The van der Waals surface area contributed by atoms with Crippen LogP contribution in [0.1, 0.15) is 6.42 Å². The van der Waals surface area contributed by atoms with E-state index >= 15 is 0 Å². The minimum atomic E-state index is -0.334. The number of nitrogens with one attached hydrogen (secondary N) is 1. The first-order valence-corrected chi connectivity index (χ1v) is 10.1. The molecule has 0 aliphatic carbocycles. The molecule has 2 saturated heterocycles. The number of aromatic nitrogens is 5. The minimum absolute atomic E-state index is 0.334. The number of hydrogen-bond acceptors (Lipinski definition) is 6. The Balaban J connectivity index is 1.26. The highest BCUT2D eigenvalue weighted by molar-refractivity contribution is 5.84. The Morgan fingerprint density at radius 2 is 1.97 bits per heavy atom. The van der Waals surface area contributed by atoms with Gasteiger partial charge in [0, 0.05) is 55.6 Å². The third kappa shape index (κ3) is 2.83. The van der Waals surface area contributed by atoms with E-state index < -0.39 is 0 Å². The van der Waals surface area contributed by atoms with Crippen LogP contribution in [0.2, 0.25) is 0 Å². The number of hydrogen-bond donors (Lipinski definition) is 1. The van der Waals surface area contributed by atoms with Crippen LogP contribution in [-0.4, -0.2) is 50.1 Å². The van der Waals surface area contributed by atoms with Crippen LogP contribution in [0.15, 0.2) is 48.8 Å². The average molecular weight is 401 g/mol. The smallest absolute Gasteiger partial charge is 0.151 e. The Bertz CT molecular complexity index is 1230. The number of pyridine rings is 1. The lowest BCUT2D eigenvalue weighted by Gasteiger charge is -2.27. The molecular weight excluding hydrogens is 381 g/mol. The summed E-state index contributed by atoms with van der Waals surface area (Å²) in [5.74, 6) is 0.587. The highest BCUT2D eigenvalue weighted by Crippen LogP contribution is 2.29. The van der Waals surface area contributed by atoms with E-state index in [0.29, 0.717) is 17.6 Å². The molecule has 3 aromatic heterocycles. The first kappa shape index (κ1) is 17.5. The van der Waals surface area contributed by atoms with Crippen molar-refractivity contribution in [3.05, 3.63) is 54.6 Å². The number of aryl methyl sites for hydroxylation is 1. The van der Waals surface area contributed by atoms with E-state index in [1.54, 1.807) is 17.9 Å². The van der Waals surface area contributed by atoms with Gasteiger partial charge in [-0.25, -0.2) is 4.39 Å². The molecule has 2 unspecified atom stereocenters. The lowest BCUT2D eigenvalue weighted by molar-refractivity contribution is 0.574. The molecule has 0 spiro atoms. The Morgan fingerprint density at radius 3 is 2.67 bits per heavy atom. The molecule has 1 N–H and O–H groups in total. The quantitative estimate of drug-likeness (QED) is 0.569. The van der Waals surface area contributed by atoms with E-state index in [4.69, 9.17) is 0 Å². The van der Waals surface area contributed by atoms with Crippen molar-refractivity contribution in [2.45, 2.75) is 18.5 Å². The summed E-state index contributed by atoms with van der Waals surface area (Å²) in [7, 11) is 1.78. The molecule has 7 nitrogen and oxygen atoms in total. The Hall–Kier alpha value is -3.39. The van der Waals surface area contributed by atoms with Gasteiger partial charge in [0.15, 0.2) is 11.6 Å². The number of rotatable bonds is 3. The molecule has 30 heavy (non-hydrogen) atoms. The fraction of sp³-hybridized carbons (Fsp3) is 0.273. The SMILES string of the molecule is Cn1cc2cc(-c3ccc(-c4ccc(N5CC6CC5CN6)nn4)nc3)cc(F)c2n1. The van der Waals surface area contributed by atoms with Crippen LogP contribution in [0.25, 0.3) is 33.4 Å². The van der Waals surface area contributed by atoms with Crippen molar-refractivity contribution in [3.63, 3.8) is 0 Å². The lowest BCUT2D eigenvalue weighted by Crippen LogP contribution is -2.44. The van der Waals surface area contributed by atoms with E-state index in [1.165, 1.54) is 12.5 Å². The standard InChI is InChI=1S/C22H20FN7/c1-29-11-15-6-14(7-18(23)22(15)28-29)13-2-3-19(25-9-13)20-4-5-21(27-26-20)30-12-16-8-17(30)10-24-16/h2-7,9,11,16-17,24H,8,10,12H2,1H3. The van der Waals surface area contributed by atoms with Crippen LogP contribution in [0.4, 0.5) is 10.2 Å². The van der Waals surface area contributed by atoms with Gasteiger partial charge in [0.2, 0.25) is 0 Å². The molecule has 0 radical (unpaired) electrons. The summed E-state index contributed by atoms with van der Waals surface area (Å²) in [6.07, 6.45) is 4.73. The highest BCUT2D eigenvalue weighted by Gasteiger charge is 2.38. The maximum absolute atomic E-state index is 14.4. The zero-order chi connectivity index (χ0) is 20.2. The first-order chi connectivity index (χ1) is 14.6. The van der Waals surface area contributed by atoms with Gasteiger partial charge in [0.1, 0.15) is 11.2 Å². The van der Waals surface area contributed by atoms with Gasteiger partial charge in [-0.05, 0) is 42.3 Å². The summed E-state index contributed by atoms with van der Waals surface area (Å²) in [5, 5.41) is 17.2. The molecule has 2 aliphatic rings. The number of halogens is 1. The molecule has 0 saturated carbocycles. The fourth-order valence-corrected chi connectivity index (χ4v) is 4.55. The van der Waals surface area contributed by atoms with Crippen LogP contribution < -0.4 is 10.2 Å². The van der Waals surface area contributed by atoms with Crippen molar-refractivity contribution in [2.24, 2.45) is 7.05 Å². The monoisotopic (exact) mass is 401 g/mol. The van der Waals surface area contributed by atoms with Crippen LogP contribution in [-0.2, 0) is 7.05 Å². The van der Waals surface area contributed by atoms with Crippen molar-refractivity contribution in [1.29, 1.82) is 0 Å². The first-order valence-electron chi connectivity index (χ1n) is 10.1. The Labute approximate surface area is 172 Å². The predicted octanol–water partition coefficient (Wildman–Crippen LogP) is 2.78. The summed E-state index contributed by atoms with van der Waals surface area (Å²) in [6, 6.07) is 12.3. The van der Waals surface area contributed by atoms with Crippen LogP contribution in [0.5, 0.6) is 0 Å². The van der Waals surface area contributed by atoms with Gasteiger partial charge in [-0.15, -0.1) is 10.2 Å². The van der Waals surface area contributed by atoms with Gasteiger partial charge >= 0.3 is 0 Å². The molecule has 2 bridgehead atoms. The third-order valence-electron chi connectivity index (χ3n) is 6.04. The van der Waals surface area contributed by atoms with Crippen LogP contribution in [0, 0.1) is 5.82 Å². The number of fused-ring (bicyclic) bond motifs is 3. The summed E-state index contributed by atoms with van der Waals surface area (Å²) < 4.78 is 16.0. The molecule has 6 rings (SSSR count). The minimum Gasteiger partial charge on any atom is -0.349 e. The second-order valence-corrected chi connectivity index (χ2v) is 8.05. The third-order valence-corrected chi connectivity index (χ3v) is 6.04. The maximum atomic E-state index is 14.4. The van der Waals surface area contributed by atoms with Gasteiger partial charge in [-0.3, -0.25) is 9.67 Å². The number of piperazine rings is 1. The number of nitrogens with zero attached hydrogens (tertiary/aromatic N) is 6. The lowest BCUT2D eigenvalue weighted by atomic mass is 10.0. The van der Waals surface area contributed by atoms with Crippen molar-refractivity contribution in [2.75, 3.05) is 18.0 Å². The zero-order valence-electron chi connectivity index (χ0n) is 16.5. The second-order valence-electron chi connectivity index (χ2n) is 8.05. The largest absolute Gasteiger partial charge is 0.349 e. The Morgan fingerprint density at radius 1 is 1.07 bits per heavy atom. The average Bonchev–Trinajstić information content (AvgIpc) is 3.49. The van der Waals surface area contributed by atoms with Crippen molar-refractivity contribution in [3.8, 4) is 22.5 Å². The molecular formula is C22H20FN7. The molecule has 1 aromatic carbocycles. The maximum Gasteiger partial charge on any atom is 0.151 e. The van der Waals surface area contributed by atoms with Gasteiger partial charge in [-0.2, -0.15) is 5.10 Å². The van der Waals surface area contributed by atoms with Crippen LogP contribution >= 0.6 is 0 Å². The topological polar surface area (TPSA) is 71.8 Å². The van der Waals surface area contributed by atoms with Gasteiger partial charge < -0.3 is 10.2 Å². The molecule has 2 aliphatic heterocycles. The molecule has 2 atom stereocenters. The van der Waals surface area contributed by atoms with E-state index in [0.717, 1.165) is 46.8 Å². The van der Waals surface area contributed by atoms with E-state index in [2.05, 4.69) is 30.5 Å². The molecule has 4 aromatic rings. The summed E-state index contributed by atoms with van der Waals surface area (Å²) in [4.78, 5) is 6.87. The summed E-state index contributed by atoms with van der Waals surface area (Å²) in [6.45, 7) is 2.01. The fourth-order valence-electron chi connectivity index (χ4n) is 4.55. The number of benzene rings is 1. The second kappa shape index (κ2) is 6.56. The van der Waals surface area contributed by atoms with E-state index in [9.17, 15) is 4.39 Å². The Kier molecular flexibility index (Phi) is 3.82. The van der Waals surface area contributed by atoms with Gasteiger partial charge in [0.05, 0.1) is 5.69 Å². The van der Waals surface area contributed by atoms with Crippen molar-refractivity contribution >= 4 is 16.7 Å². The zero-order valence-corrected chi connectivity index (χ0v) is 16.5. The normalized spacial score (nSPS) is 20.4. The molecule has 8 heteroatoms. The highest BCUT2D eigenvalue weighted by atomic mass is 19.1. The van der Waals surface area contributed by atoms with Crippen molar-refractivity contribution in [1.82, 2.24) is 30.3 Å².